The zero-order valence-electron chi connectivity index (χ0n) is 10.3. The molecule has 0 bridgehead atoms. The summed E-state index contributed by atoms with van der Waals surface area (Å²) in [5, 5.41) is 13.0. The molecule has 0 spiro atoms. The van der Waals surface area contributed by atoms with Gasteiger partial charge in [0.15, 0.2) is 0 Å². The van der Waals surface area contributed by atoms with E-state index in [2.05, 4.69) is 20.8 Å². The third-order valence-corrected chi connectivity index (χ3v) is 2.61. The Kier molecular flexibility index (Phi) is 6.95. The van der Waals surface area contributed by atoms with Crippen LogP contribution in [0.15, 0.2) is 4.42 Å². The van der Waals surface area contributed by atoms with Crippen LogP contribution in [0.1, 0.15) is 5.89 Å². The monoisotopic (exact) mass is 300 g/mol. The first-order valence-corrected chi connectivity index (χ1v) is 6.46. The zero-order chi connectivity index (χ0) is 14.1. The van der Waals surface area contributed by atoms with Crippen molar-refractivity contribution >= 4 is 17.8 Å². The van der Waals surface area contributed by atoms with Gasteiger partial charge in [0.25, 0.3) is 0 Å². The van der Waals surface area contributed by atoms with Gasteiger partial charge in [0, 0.05) is 26.0 Å². The maximum absolute atomic E-state index is 11.9. The fourth-order valence-electron chi connectivity index (χ4n) is 1.09. The number of hydrogen-bond donors (Lipinski definition) is 2. The Hall–Kier alpha value is -1.00. The van der Waals surface area contributed by atoms with Crippen molar-refractivity contribution in [2.24, 2.45) is 0 Å². The molecular formula is C9H15F3N4O2S. The molecule has 6 nitrogen and oxygen atoms in total. The summed E-state index contributed by atoms with van der Waals surface area (Å²) < 4.78 is 45.6. The van der Waals surface area contributed by atoms with E-state index in [1.807, 2.05) is 0 Å². The molecular weight excluding hydrogens is 285 g/mol. The smallest absolute Gasteiger partial charge is 0.407 e. The first-order chi connectivity index (χ1) is 9.01. The Morgan fingerprint density at radius 2 is 2.11 bits per heavy atom. The van der Waals surface area contributed by atoms with Crippen LogP contribution >= 0.6 is 11.8 Å². The van der Waals surface area contributed by atoms with Crippen LogP contribution in [0.4, 0.5) is 19.2 Å². The van der Waals surface area contributed by atoms with Gasteiger partial charge in [-0.2, -0.15) is 13.2 Å². The van der Waals surface area contributed by atoms with E-state index >= 15 is 0 Å². The summed E-state index contributed by atoms with van der Waals surface area (Å²) in [6, 6.07) is 0.117. The third-order valence-electron chi connectivity index (χ3n) is 1.87. The summed E-state index contributed by atoms with van der Waals surface area (Å²) in [4.78, 5) is 0. The van der Waals surface area contributed by atoms with Crippen molar-refractivity contribution in [1.82, 2.24) is 15.5 Å². The lowest BCUT2D eigenvalue weighted by molar-refractivity contribution is -0.0327. The summed E-state index contributed by atoms with van der Waals surface area (Å²) in [7, 11) is 1.59. The molecule has 0 saturated carbocycles. The molecule has 19 heavy (non-hydrogen) atoms. The van der Waals surface area contributed by atoms with E-state index in [9.17, 15) is 13.2 Å². The van der Waals surface area contributed by atoms with E-state index in [1.54, 1.807) is 7.11 Å². The fraction of sp³-hybridized carbons (Fsp3) is 0.778. The standard InChI is InChI=1S/C9H15F3N4O2S/c1-17-4-2-13-6-7-15-16-8(18-7)14-3-5-19-9(10,11)12/h13H,2-6H2,1H3,(H,14,16). The van der Waals surface area contributed by atoms with Crippen LogP contribution in [-0.4, -0.2) is 48.3 Å². The minimum atomic E-state index is -4.22. The normalized spacial score (nSPS) is 11.8. The maximum Gasteiger partial charge on any atom is 0.441 e. The van der Waals surface area contributed by atoms with E-state index in [-0.39, 0.29) is 30.1 Å². The van der Waals surface area contributed by atoms with Crippen molar-refractivity contribution in [2.45, 2.75) is 12.1 Å². The number of aromatic nitrogens is 2. The highest BCUT2D eigenvalue weighted by molar-refractivity contribution is 8.00. The van der Waals surface area contributed by atoms with Crippen LogP contribution in [0.3, 0.4) is 0 Å². The first kappa shape index (κ1) is 16.1. The number of alkyl halides is 3. The quantitative estimate of drug-likeness (QED) is 0.669. The molecule has 110 valence electrons. The zero-order valence-corrected chi connectivity index (χ0v) is 11.1. The van der Waals surface area contributed by atoms with Crippen LogP contribution in [0.25, 0.3) is 0 Å². The molecule has 0 radical (unpaired) electrons. The van der Waals surface area contributed by atoms with E-state index in [4.69, 9.17) is 9.15 Å². The number of nitrogens with one attached hydrogen (secondary N) is 2. The van der Waals surface area contributed by atoms with Crippen LogP contribution in [-0.2, 0) is 11.3 Å². The average molecular weight is 300 g/mol. The highest BCUT2D eigenvalue weighted by Crippen LogP contribution is 2.29. The molecule has 1 rings (SSSR count). The summed E-state index contributed by atoms with van der Waals surface area (Å²) in [5.74, 6) is 0.245. The summed E-state index contributed by atoms with van der Waals surface area (Å²) in [6.45, 7) is 1.69. The Labute approximate surface area is 112 Å². The molecule has 1 aromatic heterocycles. The number of nitrogens with zero attached hydrogens (tertiary/aromatic N) is 2. The Morgan fingerprint density at radius 1 is 1.32 bits per heavy atom. The van der Waals surface area contributed by atoms with Crippen LogP contribution in [0.2, 0.25) is 0 Å². The maximum atomic E-state index is 11.9. The molecule has 0 atom stereocenters. The Bertz CT molecular complexity index is 361. The lowest BCUT2D eigenvalue weighted by atomic mass is 10.6. The molecule has 0 amide bonds. The van der Waals surface area contributed by atoms with Gasteiger partial charge in [0.1, 0.15) is 0 Å². The van der Waals surface area contributed by atoms with E-state index < -0.39 is 5.51 Å². The van der Waals surface area contributed by atoms with Crippen LogP contribution in [0, 0.1) is 0 Å². The molecule has 0 aromatic carbocycles. The van der Waals surface area contributed by atoms with Crippen molar-refractivity contribution < 1.29 is 22.3 Å². The minimum Gasteiger partial charge on any atom is -0.407 e. The van der Waals surface area contributed by atoms with E-state index in [0.717, 1.165) is 0 Å². The molecule has 1 aromatic rings. The topological polar surface area (TPSA) is 72.2 Å². The number of ether oxygens (including phenoxy) is 1. The van der Waals surface area contributed by atoms with Gasteiger partial charge >= 0.3 is 11.5 Å². The number of anilines is 1. The van der Waals surface area contributed by atoms with E-state index in [0.29, 0.717) is 25.6 Å². The minimum absolute atomic E-state index is 0.0996. The predicted molar refractivity (Wildman–Crippen MR) is 64.9 cm³/mol. The van der Waals surface area contributed by atoms with Gasteiger partial charge in [0.05, 0.1) is 13.2 Å². The molecule has 0 unspecified atom stereocenters. The number of rotatable bonds is 9. The lowest BCUT2D eigenvalue weighted by Crippen LogP contribution is -2.18. The van der Waals surface area contributed by atoms with Gasteiger partial charge in [-0.25, -0.2) is 0 Å². The van der Waals surface area contributed by atoms with Gasteiger partial charge in [-0.05, 0) is 11.8 Å². The van der Waals surface area contributed by atoms with Gasteiger partial charge in [-0.3, -0.25) is 0 Å². The summed E-state index contributed by atoms with van der Waals surface area (Å²) in [5.41, 5.74) is -4.22. The van der Waals surface area contributed by atoms with Crippen molar-refractivity contribution in [3.8, 4) is 0 Å². The molecule has 0 aliphatic heterocycles. The van der Waals surface area contributed by atoms with Gasteiger partial charge in [-0.1, -0.05) is 5.10 Å². The number of methoxy groups -OCH3 is 1. The molecule has 0 aliphatic rings. The second-order valence-electron chi connectivity index (χ2n) is 3.39. The predicted octanol–water partition coefficient (Wildman–Crippen LogP) is 1.47. The molecule has 0 fully saturated rings. The largest absolute Gasteiger partial charge is 0.441 e. The molecule has 10 heteroatoms. The fourth-order valence-corrected chi connectivity index (χ4v) is 1.53. The molecule has 0 aliphatic carbocycles. The number of hydrogen-bond acceptors (Lipinski definition) is 7. The second kappa shape index (κ2) is 8.23. The van der Waals surface area contributed by atoms with Gasteiger partial charge in [0.2, 0.25) is 5.89 Å². The van der Waals surface area contributed by atoms with Crippen molar-refractivity contribution in [1.29, 1.82) is 0 Å². The Morgan fingerprint density at radius 3 is 2.79 bits per heavy atom. The van der Waals surface area contributed by atoms with Crippen molar-refractivity contribution in [3.63, 3.8) is 0 Å². The van der Waals surface area contributed by atoms with Crippen molar-refractivity contribution in [3.05, 3.63) is 5.89 Å². The third kappa shape index (κ3) is 7.90. The summed E-state index contributed by atoms with van der Waals surface area (Å²) in [6.07, 6.45) is 0. The SMILES string of the molecule is COCCNCc1nnc(NCCSC(F)(F)F)o1. The average Bonchev–Trinajstić information content (AvgIpc) is 2.77. The van der Waals surface area contributed by atoms with Gasteiger partial charge in [-0.15, -0.1) is 5.10 Å². The van der Waals surface area contributed by atoms with E-state index in [1.165, 1.54) is 0 Å². The summed E-state index contributed by atoms with van der Waals surface area (Å²) >= 11 is -0.0996. The highest BCUT2D eigenvalue weighted by atomic mass is 32.2. The van der Waals surface area contributed by atoms with Gasteiger partial charge < -0.3 is 19.8 Å². The van der Waals surface area contributed by atoms with Crippen LogP contribution in [0.5, 0.6) is 0 Å². The van der Waals surface area contributed by atoms with Crippen molar-refractivity contribution in [2.75, 3.05) is 37.9 Å². The molecule has 1 heterocycles. The first-order valence-electron chi connectivity index (χ1n) is 5.48. The Balaban J connectivity index is 2.16. The highest BCUT2D eigenvalue weighted by Gasteiger charge is 2.27. The number of thioether (sulfide) groups is 1. The molecule has 2 N–H and O–H groups in total. The lowest BCUT2D eigenvalue weighted by Gasteiger charge is -2.04. The molecule has 0 saturated heterocycles. The van der Waals surface area contributed by atoms with Crippen LogP contribution < -0.4 is 10.6 Å². The second-order valence-corrected chi connectivity index (χ2v) is 4.55. The number of halogens is 3.